The van der Waals surface area contributed by atoms with Crippen molar-refractivity contribution in [1.29, 1.82) is 0 Å². The molecule has 3 N–H and O–H groups in total. The van der Waals surface area contributed by atoms with E-state index in [0.29, 0.717) is 5.92 Å². The van der Waals surface area contributed by atoms with E-state index in [1.54, 1.807) is 19.2 Å². The fourth-order valence-electron chi connectivity index (χ4n) is 1.64. The standard InChI is InChI=1S/C11H15NO2.ClH/c1-14-8-4-5-10(13)9(6-8)11(12)7-2-3-7;/h4-7,11,13H,2-3,12H2,1H3;1H/t11-;/m1./s1. The van der Waals surface area contributed by atoms with Crippen LogP contribution in [0.5, 0.6) is 11.5 Å². The Bertz CT molecular complexity index is 339. The van der Waals surface area contributed by atoms with Crippen molar-refractivity contribution in [3.8, 4) is 11.5 Å². The maximum absolute atomic E-state index is 9.64. The number of hydrogen-bond acceptors (Lipinski definition) is 3. The van der Waals surface area contributed by atoms with Gasteiger partial charge in [0.2, 0.25) is 0 Å². The highest BCUT2D eigenvalue weighted by molar-refractivity contribution is 5.85. The van der Waals surface area contributed by atoms with Crippen LogP contribution in [0.25, 0.3) is 0 Å². The summed E-state index contributed by atoms with van der Waals surface area (Å²) < 4.78 is 5.09. The number of hydrogen-bond donors (Lipinski definition) is 2. The number of rotatable bonds is 3. The van der Waals surface area contributed by atoms with E-state index >= 15 is 0 Å². The second-order valence-corrected chi connectivity index (χ2v) is 3.79. The summed E-state index contributed by atoms with van der Waals surface area (Å²) in [5.74, 6) is 1.55. The number of nitrogens with two attached hydrogens (primary N) is 1. The number of ether oxygens (including phenoxy) is 1. The molecule has 0 aliphatic heterocycles. The lowest BCUT2D eigenvalue weighted by Gasteiger charge is -2.13. The highest BCUT2D eigenvalue weighted by atomic mass is 35.5. The SMILES string of the molecule is COc1ccc(O)c([C@H](N)C2CC2)c1.Cl. The smallest absolute Gasteiger partial charge is 0.120 e. The van der Waals surface area contributed by atoms with Gasteiger partial charge in [-0.15, -0.1) is 12.4 Å². The van der Waals surface area contributed by atoms with Crippen molar-refractivity contribution >= 4 is 12.4 Å². The molecule has 0 heterocycles. The predicted molar refractivity (Wildman–Crippen MR) is 61.6 cm³/mol. The summed E-state index contributed by atoms with van der Waals surface area (Å²) in [6.07, 6.45) is 2.33. The zero-order valence-corrected chi connectivity index (χ0v) is 9.46. The van der Waals surface area contributed by atoms with Crippen LogP contribution in [0.1, 0.15) is 24.4 Å². The van der Waals surface area contributed by atoms with Crippen molar-refractivity contribution in [2.45, 2.75) is 18.9 Å². The molecule has 3 nitrogen and oxygen atoms in total. The van der Waals surface area contributed by atoms with Crippen molar-refractivity contribution in [2.75, 3.05) is 7.11 Å². The average molecular weight is 230 g/mol. The highest BCUT2D eigenvalue weighted by Crippen LogP contribution is 2.42. The van der Waals surface area contributed by atoms with Crippen LogP contribution in [0.2, 0.25) is 0 Å². The molecule has 0 spiro atoms. The van der Waals surface area contributed by atoms with Gasteiger partial charge in [-0.25, -0.2) is 0 Å². The minimum atomic E-state index is -0.0508. The van der Waals surface area contributed by atoms with E-state index in [9.17, 15) is 5.11 Å². The lowest BCUT2D eigenvalue weighted by molar-refractivity contribution is 0.408. The summed E-state index contributed by atoms with van der Waals surface area (Å²) in [4.78, 5) is 0. The molecule has 0 radical (unpaired) electrons. The van der Waals surface area contributed by atoms with Crippen molar-refractivity contribution in [1.82, 2.24) is 0 Å². The topological polar surface area (TPSA) is 55.5 Å². The Kier molecular flexibility index (Phi) is 3.83. The van der Waals surface area contributed by atoms with Gasteiger partial charge in [0, 0.05) is 11.6 Å². The van der Waals surface area contributed by atoms with E-state index in [1.165, 1.54) is 0 Å². The third kappa shape index (κ3) is 2.55. The molecule has 0 saturated heterocycles. The minimum absolute atomic E-state index is 0. The number of halogens is 1. The normalized spacial score (nSPS) is 16.7. The Labute approximate surface area is 95.7 Å². The molecule has 2 rings (SSSR count). The van der Waals surface area contributed by atoms with Crippen LogP contribution >= 0.6 is 12.4 Å². The van der Waals surface area contributed by atoms with E-state index in [0.717, 1.165) is 24.2 Å². The first-order valence-corrected chi connectivity index (χ1v) is 4.85. The van der Waals surface area contributed by atoms with Gasteiger partial charge in [-0.1, -0.05) is 0 Å². The summed E-state index contributed by atoms with van der Waals surface area (Å²) in [6.45, 7) is 0. The summed E-state index contributed by atoms with van der Waals surface area (Å²) in [5, 5.41) is 9.64. The van der Waals surface area contributed by atoms with E-state index in [4.69, 9.17) is 10.5 Å². The fraction of sp³-hybridized carbons (Fsp3) is 0.455. The second kappa shape index (κ2) is 4.73. The molecular formula is C11H16ClNO2. The number of methoxy groups -OCH3 is 1. The van der Waals surface area contributed by atoms with E-state index in [-0.39, 0.29) is 24.2 Å². The molecule has 1 aliphatic carbocycles. The maximum Gasteiger partial charge on any atom is 0.120 e. The molecule has 0 aromatic heterocycles. The molecule has 4 heteroatoms. The lowest BCUT2D eigenvalue weighted by atomic mass is 10.0. The van der Waals surface area contributed by atoms with Crippen molar-refractivity contribution in [2.24, 2.45) is 11.7 Å². The Hall–Kier alpha value is -0.930. The second-order valence-electron chi connectivity index (χ2n) is 3.79. The van der Waals surface area contributed by atoms with E-state index in [1.807, 2.05) is 6.07 Å². The monoisotopic (exact) mass is 229 g/mol. The summed E-state index contributed by atoms with van der Waals surface area (Å²) in [6, 6.07) is 5.14. The van der Waals surface area contributed by atoms with Crippen LogP contribution in [0, 0.1) is 5.92 Å². The van der Waals surface area contributed by atoms with Gasteiger partial charge in [0.25, 0.3) is 0 Å². The first-order valence-electron chi connectivity index (χ1n) is 4.85. The molecular weight excluding hydrogens is 214 g/mol. The van der Waals surface area contributed by atoms with Crippen molar-refractivity contribution in [3.63, 3.8) is 0 Å². The number of aromatic hydroxyl groups is 1. The van der Waals surface area contributed by atoms with Gasteiger partial charge in [0.15, 0.2) is 0 Å². The molecule has 1 saturated carbocycles. The van der Waals surface area contributed by atoms with Gasteiger partial charge in [-0.3, -0.25) is 0 Å². The first-order chi connectivity index (χ1) is 6.72. The lowest BCUT2D eigenvalue weighted by Crippen LogP contribution is -2.12. The molecule has 0 amide bonds. The Balaban J connectivity index is 0.00000112. The Morgan fingerprint density at radius 2 is 2.13 bits per heavy atom. The van der Waals surface area contributed by atoms with Crippen LogP contribution in [0.3, 0.4) is 0 Å². The summed E-state index contributed by atoms with van der Waals surface area (Å²) in [5.41, 5.74) is 6.81. The van der Waals surface area contributed by atoms with Crippen molar-refractivity contribution < 1.29 is 9.84 Å². The summed E-state index contributed by atoms with van der Waals surface area (Å²) >= 11 is 0. The molecule has 1 atom stereocenters. The number of phenolic OH excluding ortho intramolecular Hbond substituents is 1. The van der Waals surface area contributed by atoms with Crippen LogP contribution in [-0.2, 0) is 0 Å². The molecule has 0 bridgehead atoms. The molecule has 1 fully saturated rings. The largest absolute Gasteiger partial charge is 0.508 e. The van der Waals surface area contributed by atoms with E-state index < -0.39 is 0 Å². The van der Waals surface area contributed by atoms with Gasteiger partial charge >= 0.3 is 0 Å². The average Bonchev–Trinajstić information content (AvgIpc) is 3.01. The van der Waals surface area contributed by atoms with Crippen LogP contribution in [0.15, 0.2) is 18.2 Å². The number of phenols is 1. The van der Waals surface area contributed by atoms with Crippen LogP contribution in [-0.4, -0.2) is 12.2 Å². The summed E-state index contributed by atoms with van der Waals surface area (Å²) in [7, 11) is 1.61. The van der Waals surface area contributed by atoms with Crippen LogP contribution < -0.4 is 10.5 Å². The molecule has 15 heavy (non-hydrogen) atoms. The number of benzene rings is 1. The molecule has 1 aromatic carbocycles. The Morgan fingerprint density at radius 3 is 2.67 bits per heavy atom. The van der Waals surface area contributed by atoms with Crippen LogP contribution in [0.4, 0.5) is 0 Å². The molecule has 0 unspecified atom stereocenters. The maximum atomic E-state index is 9.64. The van der Waals surface area contributed by atoms with Gasteiger partial charge in [-0.2, -0.15) is 0 Å². The fourth-order valence-corrected chi connectivity index (χ4v) is 1.64. The van der Waals surface area contributed by atoms with Gasteiger partial charge in [-0.05, 0) is 37.0 Å². The van der Waals surface area contributed by atoms with Gasteiger partial charge < -0.3 is 15.6 Å². The quantitative estimate of drug-likeness (QED) is 0.836. The molecule has 1 aliphatic rings. The third-order valence-electron chi connectivity index (χ3n) is 2.72. The zero-order valence-electron chi connectivity index (χ0n) is 8.64. The predicted octanol–water partition coefficient (Wildman–Crippen LogP) is 2.23. The third-order valence-corrected chi connectivity index (χ3v) is 2.72. The highest BCUT2D eigenvalue weighted by Gasteiger charge is 2.31. The van der Waals surface area contributed by atoms with E-state index in [2.05, 4.69) is 0 Å². The Morgan fingerprint density at radius 1 is 1.47 bits per heavy atom. The minimum Gasteiger partial charge on any atom is -0.508 e. The first kappa shape index (κ1) is 12.1. The van der Waals surface area contributed by atoms with Gasteiger partial charge in [0.05, 0.1) is 7.11 Å². The molecule has 84 valence electrons. The zero-order chi connectivity index (χ0) is 10.1. The van der Waals surface area contributed by atoms with Gasteiger partial charge in [0.1, 0.15) is 11.5 Å². The molecule has 1 aromatic rings. The van der Waals surface area contributed by atoms with Crippen molar-refractivity contribution in [3.05, 3.63) is 23.8 Å².